The van der Waals surface area contributed by atoms with Crippen molar-refractivity contribution >= 4 is 22.4 Å². The number of fused-ring (bicyclic) bond motifs is 1. The van der Waals surface area contributed by atoms with Crippen molar-refractivity contribution in [1.29, 1.82) is 0 Å². The third-order valence-corrected chi connectivity index (χ3v) is 2.82. The summed E-state index contributed by atoms with van der Waals surface area (Å²) >= 11 is 1.80. The molecule has 0 saturated heterocycles. The van der Waals surface area contributed by atoms with Gasteiger partial charge in [0.15, 0.2) is 0 Å². The highest BCUT2D eigenvalue weighted by molar-refractivity contribution is 7.13. The number of nitrogens with one attached hydrogen (secondary N) is 1. The molecule has 0 aliphatic carbocycles. The van der Waals surface area contributed by atoms with Crippen molar-refractivity contribution in [2.24, 2.45) is 0 Å². The number of aromatic nitrogens is 2. The molecule has 0 bridgehead atoms. The van der Waals surface area contributed by atoms with Crippen LogP contribution in [0.1, 0.15) is 15.6 Å². The van der Waals surface area contributed by atoms with Gasteiger partial charge in [-0.2, -0.15) is 0 Å². The van der Waals surface area contributed by atoms with E-state index in [0.717, 1.165) is 11.3 Å². The first-order valence-electron chi connectivity index (χ1n) is 3.61. The van der Waals surface area contributed by atoms with Crippen LogP contribution in [0.15, 0.2) is 0 Å². The largest absolute Gasteiger partial charge is 0.341 e. The van der Waals surface area contributed by atoms with E-state index in [4.69, 9.17) is 0 Å². The summed E-state index contributed by atoms with van der Waals surface area (Å²) in [6, 6.07) is 0. The molecule has 0 radical (unpaired) electrons. The van der Waals surface area contributed by atoms with Crippen molar-refractivity contribution in [1.82, 2.24) is 9.97 Å². The standard InChI is InChI=1S/C8H10N2S/c1-4-7-8(5(2)11-4)10-6(3)9-7/h1-3H3,(H,9,10). The number of hydrogen-bond donors (Lipinski definition) is 1. The summed E-state index contributed by atoms with van der Waals surface area (Å²) in [5, 5.41) is 0. The van der Waals surface area contributed by atoms with Gasteiger partial charge < -0.3 is 4.98 Å². The zero-order valence-corrected chi connectivity index (χ0v) is 7.67. The predicted molar refractivity (Wildman–Crippen MR) is 48.2 cm³/mol. The smallest absolute Gasteiger partial charge is 0.104 e. The number of thiophene rings is 1. The zero-order chi connectivity index (χ0) is 8.01. The van der Waals surface area contributed by atoms with Crippen LogP contribution >= 0.6 is 11.3 Å². The van der Waals surface area contributed by atoms with Crippen LogP contribution < -0.4 is 0 Å². The molecule has 11 heavy (non-hydrogen) atoms. The van der Waals surface area contributed by atoms with E-state index in [2.05, 4.69) is 23.8 Å². The van der Waals surface area contributed by atoms with E-state index < -0.39 is 0 Å². The van der Waals surface area contributed by atoms with Crippen LogP contribution in [0.3, 0.4) is 0 Å². The van der Waals surface area contributed by atoms with Gasteiger partial charge in [0.1, 0.15) is 11.3 Å². The van der Waals surface area contributed by atoms with Gasteiger partial charge in [0.25, 0.3) is 0 Å². The Morgan fingerprint density at radius 2 is 1.91 bits per heavy atom. The van der Waals surface area contributed by atoms with Crippen molar-refractivity contribution in [2.45, 2.75) is 20.8 Å². The summed E-state index contributed by atoms with van der Waals surface area (Å²) < 4.78 is 0. The second kappa shape index (κ2) is 2.08. The molecule has 0 spiro atoms. The Bertz CT molecular complexity index is 363. The third kappa shape index (κ3) is 0.878. The molecule has 0 fully saturated rings. The maximum Gasteiger partial charge on any atom is 0.104 e. The number of rotatable bonds is 0. The number of H-pyrrole nitrogens is 1. The Morgan fingerprint density at radius 1 is 1.18 bits per heavy atom. The molecule has 2 rings (SSSR count). The molecular weight excluding hydrogens is 156 g/mol. The molecule has 2 aromatic heterocycles. The molecule has 58 valence electrons. The second-order valence-corrected chi connectivity index (χ2v) is 4.19. The van der Waals surface area contributed by atoms with E-state index in [9.17, 15) is 0 Å². The highest BCUT2D eigenvalue weighted by atomic mass is 32.1. The molecular formula is C8H10N2S. The summed E-state index contributed by atoms with van der Waals surface area (Å²) in [7, 11) is 0. The van der Waals surface area contributed by atoms with E-state index >= 15 is 0 Å². The summed E-state index contributed by atoms with van der Waals surface area (Å²) in [5.41, 5.74) is 2.36. The Morgan fingerprint density at radius 3 is 2.55 bits per heavy atom. The fourth-order valence-electron chi connectivity index (χ4n) is 1.33. The number of nitrogens with zero attached hydrogens (tertiary/aromatic N) is 1. The molecule has 2 nitrogen and oxygen atoms in total. The first-order valence-corrected chi connectivity index (χ1v) is 4.42. The summed E-state index contributed by atoms with van der Waals surface area (Å²) in [6.45, 7) is 6.22. The summed E-state index contributed by atoms with van der Waals surface area (Å²) in [5.74, 6) is 1.01. The fraction of sp³-hybridized carbons (Fsp3) is 0.375. The van der Waals surface area contributed by atoms with Crippen LogP contribution in [0.5, 0.6) is 0 Å². The highest BCUT2D eigenvalue weighted by Gasteiger charge is 2.07. The lowest BCUT2D eigenvalue weighted by Crippen LogP contribution is -1.71. The molecule has 3 heteroatoms. The van der Waals surface area contributed by atoms with E-state index in [0.29, 0.717) is 0 Å². The topological polar surface area (TPSA) is 28.7 Å². The lowest BCUT2D eigenvalue weighted by atomic mass is 10.4. The average Bonchev–Trinajstić information content (AvgIpc) is 2.38. The number of imidazole rings is 1. The second-order valence-electron chi connectivity index (χ2n) is 2.76. The van der Waals surface area contributed by atoms with E-state index in [1.165, 1.54) is 15.3 Å². The van der Waals surface area contributed by atoms with Crippen LogP contribution in [0.25, 0.3) is 11.0 Å². The number of aromatic amines is 1. The minimum atomic E-state index is 1.01. The van der Waals surface area contributed by atoms with E-state index in [1.54, 1.807) is 11.3 Å². The van der Waals surface area contributed by atoms with Crippen LogP contribution in [-0.2, 0) is 0 Å². The minimum absolute atomic E-state index is 1.01. The fourth-order valence-corrected chi connectivity index (χ4v) is 2.28. The van der Waals surface area contributed by atoms with Gasteiger partial charge in [-0.05, 0) is 20.8 Å². The van der Waals surface area contributed by atoms with Gasteiger partial charge >= 0.3 is 0 Å². The van der Waals surface area contributed by atoms with Gasteiger partial charge in [-0.1, -0.05) is 0 Å². The summed E-state index contributed by atoms with van der Waals surface area (Å²) in [4.78, 5) is 10.3. The van der Waals surface area contributed by atoms with Gasteiger partial charge in [-0.15, -0.1) is 11.3 Å². The monoisotopic (exact) mass is 166 g/mol. The first kappa shape index (κ1) is 6.85. The van der Waals surface area contributed by atoms with Crippen LogP contribution in [-0.4, -0.2) is 9.97 Å². The Balaban J connectivity index is 2.92. The minimum Gasteiger partial charge on any atom is -0.341 e. The Hall–Kier alpha value is -0.830. The predicted octanol–water partition coefficient (Wildman–Crippen LogP) is 2.55. The maximum absolute atomic E-state index is 4.39. The van der Waals surface area contributed by atoms with Gasteiger partial charge in [0.2, 0.25) is 0 Å². The van der Waals surface area contributed by atoms with E-state index in [1.807, 2.05) is 6.92 Å². The zero-order valence-electron chi connectivity index (χ0n) is 6.86. The van der Waals surface area contributed by atoms with Crippen molar-refractivity contribution in [3.63, 3.8) is 0 Å². The number of aryl methyl sites for hydroxylation is 3. The quantitative estimate of drug-likeness (QED) is 0.640. The average molecular weight is 166 g/mol. The SMILES string of the molecule is Cc1nc2c(C)sc(C)c2[nH]1. The lowest BCUT2D eigenvalue weighted by Gasteiger charge is -1.80. The van der Waals surface area contributed by atoms with Crippen LogP contribution in [0, 0.1) is 20.8 Å². The van der Waals surface area contributed by atoms with Gasteiger partial charge in [0.05, 0.1) is 5.52 Å². The normalized spacial score (nSPS) is 11.2. The van der Waals surface area contributed by atoms with Crippen molar-refractivity contribution in [3.05, 3.63) is 15.6 Å². The number of hydrogen-bond acceptors (Lipinski definition) is 2. The Kier molecular flexibility index (Phi) is 1.29. The van der Waals surface area contributed by atoms with Gasteiger partial charge in [0, 0.05) is 9.75 Å². The summed E-state index contributed by atoms with van der Waals surface area (Å²) in [6.07, 6.45) is 0. The van der Waals surface area contributed by atoms with Crippen LogP contribution in [0.2, 0.25) is 0 Å². The molecule has 0 amide bonds. The molecule has 0 aromatic carbocycles. The molecule has 1 N–H and O–H groups in total. The van der Waals surface area contributed by atoms with Crippen molar-refractivity contribution in [3.8, 4) is 0 Å². The molecule has 0 unspecified atom stereocenters. The Labute approximate surface area is 69.3 Å². The van der Waals surface area contributed by atoms with Gasteiger partial charge in [-0.3, -0.25) is 0 Å². The highest BCUT2D eigenvalue weighted by Crippen LogP contribution is 2.27. The molecule has 2 heterocycles. The van der Waals surface area contributed by atoms with Crippen LogP contribution in [0.4, 0.5) is 0 Å². The molecule has 0 aliphatic heterocycles. The maximum atomic E-state index is 4.39. The lowest BCUT2D eigenvalue weighted by molar-refractivity contribution is 1.17. The molecule has 0 saturated carbocycles. The van der Waals surface area contributed by atoms with Crippen molar-refractivity contribution in [2.75, 3.05) is 0 Å². The molecule has 0 atom stereocenters. The van der Waals surface area contributed by atoms with E-state index in [-0.39, 0.29) is 0 Å². The first-order chi connectivity index (χ1) is 5.18. The van der Waals surface area contributed by atoms with Gasteiger partial charge in [-0.25, -0.2) is 4.98 Å². The van der Waals surface area contributed by atoms with Crippen molar-refractivity contribution < 1.29 is 0 Å². The molecule has 2 aromatic rings. The molecule has 0 aliphatic rings. The third-order valence-electron chi connectivity index (χ3n) is 1.81.